The quantitative estimate of drug-likeness (QED) is 0.809. The van der Waals surface area contributed by atoms with Gasteiger partial charge in [-0.3, -0.25) is 14.5 Å². The molecular weight excluding hydrogens is 336 g/mol. The van der Waals surface area contributed by atoms with E-state index in [-0.39, 0.29) is 16.6 Å². The maximum atomic E-state index is 12.9. The lowest BCUT2D eigenvalue weighted by Gasteiger charge is -2.38. The molecule has 1 aromatic rings. The summed E-state index contributed by atoms with van der Waals surface area (Å²) in [6.45, 7) is 4.46. The summed E-state index contributed by atoms with van der Waals surface area (Å²) >= 11 is 6.30. The second-order valence-corrected chi connectivity index (χ2v) is 7.66. The molecule has 0 aromatic heterocycles. The molecule has 0 spiro atoms. The number of hydrogen-bond donors (Lipinski definition) is 0. The number of rotatable bonds is 5. The summed E-state index contributed by atoms with van der Waals surface area (Å²) in [7, 11) is 0. The topological polar surface area (TPSA) is 40.6 Å². The summed E-state index contributed by atoms with van der Waals surface area (Å²) < 4.78 is 0. The van der Waals surface area contributed by atoms with E-state index in [1.807, 2.05) is 4.90 Å². The van der Waals surface area contributed by atoms with Crippen LogP contribution in [0, 0.1) is 5.92 Å². The maximum absolute atomic E-state index is 12.9. The molecular formula is C20H23ClN2O2. The first-order valence-corrected chi connectivity index (χ1v) is 9.58. The number of halogens is 1. The first kappa shape index (κ1) is 16.8. The fraction of sp³-hybridized carbons (Fsp3) is 0.500. The molecule has 1 heterocycles. The minimum Gasteiger partial charge on any atom is -0.364 e. The van der Waals surface area contributed by atoms with Crippen LogP contribution in [0.1, 0.15) is 46.4 Å². The summed E-state index contributed by atoms with van der Waals surface area (Å²) in [5.41, 5.74) is 1.28. The molecule has 0 amide bonds. The van der Waals surface area contributed by atoms with Crippen molar-refractivity contribution in [1.29, 1.82) is 0 Å². The molecule has 25 heavy (non-hydrogen) atoms. The zero-order valence-electron chi connectivity index (χ0n) is 14.3. The van der Waals surface area contributed by atoms with E-state index in [9.17, 15) is 9.59 Å². The molecule has 1 saturated carbocycles. The molecule has 2 aliphatic carbocycles. The monoisotopic (exact) mass is 358 g/mol. The Bertz CT molecular complexity index is 731. The number of Topliss-reactive ketones (excluding diaryl/α,β-unsaturated/α-hetero) is 2. The minimum atomic E-state index is -0.237. The van der Waals surface area contributed by atoms with Gasteiger partial charge < -0.3 is 4.90 Å². The third kappa shape index (κ3) is 3.38. The van der Waals surface area contributed by atoms with Gasteiger partial charge in [0.05, 0.1) is 0 Å². The fourth-order valence-electron chi connectivity index (χ4n) is 3.82. The van der Waals surface area contributed by atoms with Crippen LogP contribution in [0.3, 0.4) is 0 Å². The number of ketones is 2. The SMILES string of the molecule is O=C1C(Cl)=C(N2CCN(CCCC3CC3)CC2)C(=O)c2ccccc21. The van der Waals surface area contributed by atoms with E-state index >= 15 is 0 Å². The van der Waals surface area contributed by atoms with Crippen LogP contribution in [0.25, 0.3) is 0 Å². The van der Waals surface area contributed by atoms with Crippen molar-refractivity contribution >= 4 is 23.2 Å². The number of piperazine rings is 1. The number of nitrogens with zero attached hydrogens (tertiary/aromatic N) is 2. The lowest BCUT2D eigenvalue weighted by Crippen LogP contribution is -2.48. The Hall–Kier alpha value is -1.65. The van der Waals surface area contributed by atoms with E-state index in [1.54, 1.807) is 24.3 Å². The fourth-order valence-corrected chi connectivity index (χ4v) is 4.13. The molecule has 4 rings (SSSR count). The summed E-state index contributed by atoms with van der Waals surface area (Å²) in [5.74, 6) is 0.623. The van der Waals surface area contributed by atoms with Gasteiger partial charge in [0.2, 0.25) is 11.6 Å². The largest absolute Gasteiger partial charge is 0.364 e. The predicted octanol–water partition coefficient (Wildman–Crippen LogP) is 3.32. The molecule has 3 aliphatic rings. The number of allylic oxidation sites excluding steroid dienone is 2. The highest BCUT2D eigenvalue weighted by Gasteiger charge is 2.35. The minimum absolute atomic E-state index is 0.0749. The van der Waals surface area contributed by atoms with Crippen molar-refractivity contribution in [3.8, 4) is 0 Å². The molecule has 5 heteroatoms. The third-order valence-electron chi connectivity index (χ3n) is 5.51. The van der Waals surface area contributed by atoms with Crippen molar-refractivity contribution in [3.05, 3.63) is 46.1 Å². The highest BCUT2D eigenvalue weighted by Crippen LogP contribution is 2.34. The van der Waals surface area contributed by atoms with Gasteiger partial charge in [0, 0.05) is 37.3 Å². The number of benzene rings is 1. The van der Waals surface area contributed by atoms with Crippen LogP contribution in [0.5, 0.6) is 0 Å². The van der Waals surface area contributed by atoms with Crippen molar-refractivity contribution < 1.29 is 9.59 Å². The van der Waals surface area contributed by atoms with Crippen molar-refractivity contribution in [2.75, 3.05) is 32.7 Å². The highest BCUT2D eigenvalue weighted by molar-refractivity contribution is 6.49. The Morgan fingerprint density at radius 2 is 1.60 bits per heavy atom. The van der Waals surface area contributed by atoms with Crippen molar-refractivity contribution in [1.82, 2.24) is 9.80 Å². The van der Waals surface area contributed by atoms with Crippen LogP contribution in [0.4, 0.5) is 0 Å². The standard InChI is InChI=1S/C20H23ClN2O2/c21-17-18(20(25)16-6-2-1-5-15(16)19(17)24)23-12-10-22(11-13-23)9-3-4-14-7-8-14/h1-2,5-6,14H,3-4,7-13H2. The van der Waals surface area contributed by atoms with Crippen LogP contribution in [-0.2, 0) is 0 Å². The number of hydrogen-bond acceptors (Lipinski definition) is 4. The molecule has 132 valence electrons. The number of carbonyl (C=O) groups excluding carboxylic acids is 2. The second kappa shape index (κ2) is 6.93. The average molecular weight is 359 g/mol. The molecule has 1 aliphatic heterocycles. The summed E-state index contributed by atoms with van der Waals surface area (Å²) in [6.07, 6.45) is 5.44. The Kier molecular flexibility index (Phi) is 4.65. The number of carbonyl (C=O) groups is 2. The van der Waals surface area contributed by atoms with Gasteiger partial charge in [-0.2, -0.15) is 0 Å². The summed E-state index contributed by atoms with van der Waals surface area (Å²) in [6, 6.07) is 6.94. The van der Waals surface area contributed by atoms with E-state index in [2.05, 4.69) is 4.90 Å². The maximum Gasteiger partial charge on any atom is 0.211 e. The Morgan fingerprint density at radius 1 is 0.960 bits per heavy atom. The van der Waals surface area contributed by atoms with E-state index in [0.29, 0.717) is 16.8 Å². The zero-order valence-corrected chi connectivity index (χ0v) is 15.1. The molecule has 0 atom stereocenters. The second-order valence-electron chi connectivity index (χ2n) is 7.28. The van der Waals surface area contributed by atoms with E-state index in [0.717, 1.165) is 38.6 Å². The van der Waals surface area contributed by atoms with Gasteiger partial charge in [-0.1, -0.05) is 48.7 Å². The van der Waals surface area contributed by atoms with Gasteiger partial charge in [-0.05, 0) is 25.3 Å². The van der Waals surface area contributed by atoms with Crippen molar-refractivity contribution in [2.45, 2.75) is 25.7 Å². The van der Waals surface area contributed by atoms with Crippen LogP contribution in [-0.4, -0.2) is 54.1 Å². The normalized spacial score (nSPS) is 21.7. The molecule has 1 aromatic carbocycles. The Balaban J connectivity index is 1.42. The number of fused-ring (bicyclic) bond motifs is 1. The van der Waals surface area contributed by atoms with E-state index < -0.39 is 0 Å². The van der Waals surface area contributed by atoms with Gasteiger partial charge in [0.25, 0.3) is 0 Å². The van der Waals surface area contributed by atoms with Gasteiger partial charge in [0.15, 0.2) is 0 Å². The van der Waals surface area contributed by atoms with E-state index in [1.165, 1.54) is 25.7 Å². The molecule has 0 bridgehead atoms. The first-order chi connectivity index (χ1) is 12.1. The van der Waals surface area contributed by atoms with Crippen LogP contribution < -0.4 is 0 Å². The van der Waals surface area contributed by atoms with Crippen LogP contribution >= 0.6 is 11.6 Å². The predicted molar refractivity (Wildman–Crippen MR) is 98.0 cm³/mol. The van der Waals surface area contributed by atoms with Gasteiger partial charge >= 0.3 is 0 Å². The molecule has 0 unspecified atom stereocenters. The molecule has 4 nitrogen and oxygen atoms in total. The average Bonchev–Trinajstić information content (AvgIpc) is 3.46. The molecule has 0 radical (unpaired) electrons. The molecule has 0 N–H and O–H groups in total. The van der Waals surface area contributed by atoms with Crippen molar-refractivity contribution in [3.63, 3.8) is 0 Å². The first-order valence-electron chi connectivity index (χ1n) is 9.20. The molecule has 1 saturated heterocycles. The summed E-state index contributed by atoms with van der Waals surface area (Å²) in [4.78, 5) is 29.8. The van der Waals surface area contributed by atoms with Crippen LogP contribution in [0.2, 0.25) is 0 Å². The van der Waals surface area contributed by atoms with Gasteiger partial charge in [-0.25, -0.2) is 0 Å². The van der Waals surface area contributed by atoms with Crippen molar-refractivity contribution in [2.24, 2.45) is 5.92 Å². The van der Waals surface area contributed by atoms with E-state index in [4.69, 9.17) is 11.6 Å². The third-order valence-corrected chi connectivity index (χ3v) is 5.86. The lowest BCUT2D eigenvalue weighted by atomic mass is 9.91. The highest BCUT2D eigenvalue weighted by atomic mass is 35.5. The smallest absolute Gasteiger partial charge is 0.211 e. The van der Waals surface area contributed by atoms with Crippen LogP contribution in [0.15, 0.2) is 35.0 Å². The molecule has 2 fully saturated rings. The van der Waals surface area contributed by atoms with Gasteiger partial charge in [-0.15, -0.1) is 0 Å². The Labute approximate surface area is 153 Å². The summed E-state index contributed by atoms with van der Waals surface area (Å²) in [5, 5.41) is 0.0749. The zero-order chi connectivity index (χ0) is 17.4. The van der Waals surface area contributed by atoms with Gasteiger partial charge in [0.1, 0.15) is 10.7 Å². The lowest BCUT2D eigenvalue weighted by molar-refractivity contribution is 0.0910. The Morgan fingerprint density at radius 3 is 2.24 bits per heavy atom.